The summed E-state index contributed by atoms with van der Waals surface area (Å²) in [5.41, 5.74) is 2.21. The lowest BCUT2D eigenvalue weighted by molar-refractivity contribution is -0.128. The molecule has 0 aliphatic carbocycles. The summed E-state index contributed by atoms with van der Waals surface area (Å²) in [4.78, 5) is 15.4. The van der Waals surface area contributed by atoms with Crippen molar-refractivity contribution in [2.24, 2.45) is 0 Å². The lowest BCUT2D eigenvalue weighted by atomic mass is 10.00. The zero-order valence-electron chi connectivity index (χ0n) is 14.3. The number of carbonyl (C=O) groups excluding carboxylic acids is 1. The lowest BCUT2D eigenvalue weighted by Crippen LogP contribution is -2.38. The van der Waals surface area contributed by atoms with E-state index < -0.39 is 6.61 Å². The molecule has 0 saturated carbocycles. The van der Waals surface area contributed by atoms with Gasteiger partial charge in [-0.05, 0) is 36.6 Å². The van der Waals surface area contributed by atoms with Crippen LogP contribution in [-0.2, 0) is 11.3 Å². The van der Waals surface area contributed by atoms with E-state index in [0.717, 1.165) is 25.1 Å². The van der Waals surface area contributed by atoms with Crippen molar-refractivity contribution in [1.29, 1.82) is 0 Å². The molecule has 0 aromatic heterocycles. The van der Waals surface area contributed by atoms with Gasteiger partial charge in [-0.3, -0.25) is 9.69 Å². The number of ether oxygens (including phenoxy) is 1. The van der Waals surface area contributed by atoms with Crippen LogP contribution in [-0.4, -0.2) is 48.5 Å². The zero-order valence-corrected chi connectivity index (χ0v) is 14.3. The number of hydrogen-bond donors (Lipinski definition) is 0. The highest BCUT2D eigenvalue weighted by Gasteiger charge is 2.20. The van der Waals surface area contributed by atoms with E-state index in [4.69, 9.17) is 0 Å². The van der Waals surface area contributed by atoms with Gasteiger partial charge in [-0.2, -0.15) is 8.78 Å². The summed E-state index contributed by atoms with van der Waals surface area (Å²) < 4.78 is 29.0. The highest BCUT2D eigenvalue weighted by Crippen LogP contribution is 2.21. The van der Waals surface area contributed by atoms with Crippen LogP contribution in [0.4, 0.5) is 8.78 Å². The smallest absolute Gasteiger partial charge is 0.387 e. The molecule has 1 amide bonds. The molecule has 1 atom stereocenters. The molecule has 24 heavy (non-hydrogen) atoms. The summed E-state index contributed by atoms with van der Waals surface area (Å²) in [7, 11) is 1.81. The fourth-order valence-corrected chi connectivity index (χ4v) is 2.85. The summed E-state index contributed by atoms with van der Waals surface area (Å²) in [5.74, 6) is 0.245. The van der Waals surface area contributed by atoms with Crippen molar-refractivity contribution in [2.45, 2.75) is 39.5 Å². The third-order valence-corrected chi connectivity index (χ3v) is 4.47. The molecule has 132 valence electrons. The van der Waals surface area contributed by atoms with E-state index in [0.29, 0.717) is 6.54 Å². The summed E-state index contributed by atoms with van der Waals surface area (Å²) in [5, 5.41) is 0. The average molecular weight is 338 g/mol. The first kappa shape index (κ1) is 18.4. The quantitative estimate of drug-likeness (QED) is 0.746. The van der Waals surface area contributed by atoms with Crippen LogP contribution in [0.5, 0.6) is 5.75 Å². The van der Waals surface area contributed by atoms with Gasteiger partial charge < -0.3 is 9.64 Å². The maximum Gasteiger partial charge on any atom is 0.387 e. The van der Waals surface area contributed by atoms with Crippen molar-refractivity contribution in [1.82, 2.24) is 9.80 Å². The first-order valence-electron chi connectivity index (χ1n) is 8.05. The largest absolute Gasteiger partial charge is 0.435 e. The van der Waals surface area contributed by atoms with Crippen molar-refractivity contribution in [2.75, 3.05) is 20.1 Å². The predicted molar refractivity (Wildman–Crippen MR) is 89.0 cm³/mol. The van der Waals surface area contributed by atoms with E-state index in [2.05, 4.69) is 15.7 Å². The van der Waals surface area contributed by atoms with E-state index in [-0.39, 0.29) is 17.7 Å². The van der Waals surface area contributed by atoms with Crippen molar-refractivity contribution >= 4 is 5.91 Å². The molecule has 1 heterocycles. The molecular formula is C18H24F2N2O2. The summed E-state index contributed by atoms with van der Waals surface area (Å²) >= 11 is 0. The molecule has 1 aromatic rings. The van der Waals surface area contributed by atoms with Gasteiger partial charge in [-0.15, -0.1) is 0 Å². The number of amides is 1. The molecule has 1 aliphatic heterocycles. The summed E-state index contributed by atoms with van der Waals surface area (Å²) in [6.07, 6.45) is 3.05. The van der Waals surface area contributed by atoms with Crippen LogP contribution in [0, 0.1) is 0 Å². The highest BCUT2D eigenvalue weighted by atomic mass is 19.3. The Morgan fingerprint density at radius 1 is 1.42 bits per heavy atom. The fraction of sp³-hybridized carbons (Fsp3) is 0.500. The molecule has 0 radical (unpaired) electrons. The van der Waals surface area contributed by atoms with E-state index in [1.54, 1.807) is 24.0 Å². The third-order valence-electron chi connectivity index (χ3n) is 4.47. The van der Waals surface area contributed by atoms with Gasteiger partial charge in [0.1, 0.15) is 5.75 Å². The molecule has 0 unspecified atom stereocenters. The normalized spacial score (nSPS) is 16.7. The minimum Gasteiger partial charge on any atom is -0.435 e. The molecule has 4 nitrogen and oxygen atoms in total. The Bertz CT molecular complexity index is 604. The van der Waals surface area contributed by atoms with Crippen molar-refractivity contribution in [3.05, 3.63) is 41.5 Å². The number of likely N-dealkylation sites (N-methyl/N-ethyl adjacent to an activating group) is 1. The Balaban J connectivity index is 1.94. The Morgan fingerprint density at radius 2 is 2.17 bits per heavy atom. The number of rotatable bonds is 6. The second-order valence-corrected chi connectivity index (χ2v) is 6.10. The average Bonchev–Trinajstić information content (AvgIpc) is 2.54. The molecule has 0 fully saturated rings. The Kier molecular flexibility index (Phi) is 6.31. The first-order valence-corrected chi connectivity index (χ1v) is 8.05. The number of carbonyl (C=O) groups is 1. The maximum atomic E-state index is 12.3. The number of nitrogens with zero attached hydrogens (tertiary/aromatic N) is 2. The maximum absolute atomic E-state index is 12.3. The SMILES string of the molecule is CC(=O)N(C)[C@H](C)C1=CCN(Cc2cccc(OC(F)F)c2)CC1. The number of hydrogen-bond acceptors (Lipinski definition) is 3. The monoisotopic (exact) mass is 338 g/mol. The summed E-state index contributed by atoms with van der Waals surface area (Å²) in [6.45, 7) is 3.14. The van der Waals surface area contributed by atoms with Crippen LogP contribution in [0.2, 0.25) is 0 Å². The molecule has 0 saturated heterocycles. The number of benzene rings is 1. The Morgan fingerprint density at radius 3 is 2.75 bits per heavy atom. The topological polar surface area (TPSA) is 32.8 Å². The molecule has 6 heteroatoms. The van der Waals surface area contributed by atoms with Gasteiger partial charge in [0.15, 0.2) is 0 Å². The van der Waals surface area contributed by atoms with Crippen LogP contribution >= 0.6 is 0 Å². The minimum atomic E-state index is -2.81. The highest BCUT2D eigenvalue weighted by molar-refractivity contribution is 5.73. The van der Waals surface area contributed by atoms with Crippen LogP contribution in [0.15, 0.2) is 35.9 Å². The van der Waals surface area contributed by atoms with Crippen LogP contribution < -0.4 is 4.74 Å². The van der Waals surface area contributed by atoms with E-state index in [1.165, 1.54) is 11.6 Å². The van der Waals surface area contributed by atoms with Crippen LogP contribution in [0.25, 0.3) is 0 Å². The van der Waals surface area contributed by atoms with Crippen molar-refractivity contribution < 1.29 is 18.3 Å². The molecule has 0 bridgehead atoms. The van der Waals surface area contributed by atoms with Gasteiger partial charge in [0.25, 0.3) is 0 Å². The second-order valence-electron chi connectivity index (χ2n) is 6.10. The van der Waals surface area contributed by atoms with Gasteiger partial charge in [0.2, 0.25) is 5.91 Å². The van der Waals surface area contributed by atoms with Gasteiger partial charge in [0, 0.05) is 39.6 Å². The molecule has 1 aromatic carbocycles. The van der Waals surface area contributed by atoms with Gasteiger partial charge >= 0.3 is 6.61 Å². The van der Waals surface area contributed by atoms with Gasteiger partial charge in [0.05, 0.1) is 0 Å². The zero-order chi connectivity index (χ0) is 17.7. The van der Waals surface area contributed by atoms with Crippen molar-refractivity contribution in [3.8, 4) is 5.75 Å². The number of alkyl halides is 2. The van der Waals surface area contributed by atoms with Crippen molar-refractivity contribution in [3.63, 3.8) is 0 Å². The molecule has 1 aliphatic rings. The fourth-order valence-electron chi connectivity index (χ4n) is 2.85. The van der Waals surface area contributed by atoms with E-state index >= 15 is 0 Å². The van der Waals surface area contributed by atoms with Gasteiger partial charge in [-0.1, -0.05) is 18.2 Å². The van der Waals surface area contributed by atoms with Crippen LogP contribution in [0.1, 0.15) is 25.8 Å². The van der Waals surface area contributed by atoms with E-state index in [9.17, 15) is 13.6 Å². The second kappa shape index (κ2) is 8.24. The minimum absolute atomic E-state index is 0.0571. The van der Waals surface area contributed by atoms with Crippen LogP contribution in [0.3, 0.4) is 0 Å². The number of halogens is 2. The molecule has 0 N–H and O–H groups in total. The molecule has 2 rings (SSSR count). The third kappa shape index (κ3) is 5.03. The molecular weight excluding hydrogens is 314 g/mol. The summed E-state index contributed by atoms with van der Waals surface area (Å²) in [6, 6.07) is 6.92. The Labute approximate surface area is 141 Å². The first-order chi connectivity index (χ1) is 11.4. The lowest BCUT2D eigenvalue weighted by Gasteiger charge is -2.32. The predicted octanol–water partition coefficient (Wildman–Crippen LogP) is 3.29. The van der Waals surface area contributed by atoms with E-state index in [1.807, 2.05) is 20.0 Å². The van der Waals surface area contributed by atoms with Gasteiger partial charge in [-0.25, -0.2) is 0 Å². The Hall–Kier alpha value is -1.95. The standard InChI is InChI=1S/C18H24F2N2O2/c1-13(21(3)14(2)23)16-7-9-22(10-8-16)12-15-5-4-6-17(11-15)24-18(19)20/h4-7,11,13,18H,8-10,12H2,1-3H3/t13-/m1/s1. The molecule has 0 spiro atoms.